The predicted octanol–water partition coefficient (Wildman–Crippen LogP) is 2.41. The van der Waals surface area contributed by atoms with Gasteiger partial charge in [-0.05, 0) is 24.6 Å². The molecule has 1 aliphatic rings. The number of hydrogen-bond donors (Lipinski definition) is 1. The number of hydrogen-bond acceptors (Lipinski definition) is 8. The van der Waals surface area contributed by atoms with Gasteiger partial charge in [0.1, 0.15) is 21.3 Å². The van der Waals surface area contributed by atoms with Gasteiger partial charge < -0.3 is 19.4 Å². The molecule has 0 spiro atoms. The van der Waals surface area contributed by atoms with E-state index < -0.39 is 5.97 Å². The molecule has 1 N–H and O–H groups in total. The highest BCUT2D eigenvalue weighted by Crippen LogP contribution is 2.29. The lowest BCUT2D eigenvalue weighted by Crippen LogP contribution is -2.46. The van der Waals surface area contributed by atoms with E-state index in [1.165, 1.54) is 18.4 Å². The van der Waals surface area contributed by atoms with Crippen molar-refractivity contribution in [2.45, 2.75) is 13.5 Å². The highest BCUT2D eigenvalue weighted by molar-refractivity contribution is 7.20. The average Bonchev–Trinajstić information content (AvgIpc) is 3.10. The first-order valence-corrected chi connectivity index (χ1v) is 10.5. The number of thiophene rings is 1. The molecule has 0 unspecified atom stereocenters. The number of para-hydroxylation sites is 2. The van der Waals surface area contributed by atoms with Crippen LogP contribution < -0.4 is 15.2 Å². The van der Waals surface area contributed by atoms with Crippen LogP contribution >= 0.6 is 11.3 Å². The average molecular weight is 429 g/mol. The van der Waals surface area contributed by atoms with Crippen molar-refractivity contribution in [2.75, 3.05) is 45.3 Å². The van der Waals surface area contributed by atoms with Crippen molar-refractivity contribution < 1.29 is 14.3 Å². The third kappa shape index (κ3) is 3.78. The number of ether oxygens (including phenoxy) is 2. The maximum atomic E-state index is 12.6. The largest absolute Gasteiger partial charge is 0.495 e. The van der Waals surface area contributed by atoms with Crippen LogP contribution in [0.3, 0.4) is 0 Å². The Kier molecular flexibility index (Phi) is 5.74. The summed E-state index contributed by atoms with van der Waals surface area (Å²) in [6.07, 6.45) is 0. The van der Waals surface area contributed by atoms with Crippen LogP contribution in [0.15, 0.2) is 29.1 Å². The van der Waals surface area contributed by atoms with E-state index in [0.29, 0.717) is 33.0 Å². The summed E-state index contributed by atoms with van der Waals surface area (Å²) in [4.78, 5) is 37.6. The quantitative estimate of drug-likeness (QED) is 0.625. The fourth-order valence-electron chi connectivity index (χ4n) is 3.80. The van der Waals surface area contributed by atoms with Gasteiger partial charge >= 0.3 is 5.97 Å². The van der Waals surface area contributed by atoms with Gasteiger partial charge in [0, 0.05) is 26.2 Å². The lowest BCUT2D eigenvalue weighted by molar-refractivity contribution is 0.0605. The Morgan fingerprint density at radius 2 is 1.93 bits per heavy atom. The van der Waals surface area contributed by atoms with Gasteiger partial charge in [-0.25, -0.2) is 9.78 Å². The molecule has 30 heavy (non-hydrogen) atoms. The van der Waals surface area contributed by atoms with Crippen molar-refractivity contribution in [3.63, 3.8) is 0 Å². The molecule has 158 valence electrons. The van der Waals surface area contributed by atoms with Crippen LogP contribution in [0.2, 0.25) is 0 Å². The number of aromatic amines is 1. The van der Waals surface area contributed by atoms with Crippen LogP contribution in [-0.2, 0) is 11.3 Å². The van der Waals surface area contributed by atoms with Gasteiger partial charge in [-0.15, -0.1) is 11.3 Å². The zero-order valence-corrected chi connectivity index (χ0v) is 18.0. The third-order valence-corrected chi connectivity index (χ3v) is 6.56. The molecule has 0 radical (unpaired) electrons. The Morgan fingerprint density at radius 1 is 1.20 bits per heavy atom. The van der Waals surface area contributed by atoms with Gasteiger partial charge in [-0.1, -0.05) is 12.1 Å². The van der Waals surface area contributed by atoms with Crippen molar-refractivity contribution in [3.8, 4) is 5.75 Å². The first-order valence-electron chi connectivity index (χ1n) is 9.72. The molecular weight excluding hydrogens is 404 g/mol. The summed E-state index contributed by atoms with van der Waals surface area (Å²) in [5, 5.41) is 0.463. The number of benzene rings is 1. The Hall–Kier alpha value is -2.91. The highest BCUT2D eigenvalue weighted by atomic mass is 32.1. The Labute approximate surface area is 178 Å². The minimum absolute atomic E-state index is 0.216. The highest BCUT2D eigenvalue weighted by Gasteiger charge is 2.22. The zero-order valence-electron chi connectivity index (χ0n) is 17.2. The van der Waals surface area contributed by atoms with E-state index in [9.17, 15) is 9.59 Å². The van der Waals surface area contributed by atoms with Crippen molar-refractivity contribution in [1.29, 1.82) is 0 Å². The van der Waals surface area contributed by atoms with Crippen molar-refractivity contribution >= 4 is 33.2 Å². The minimum atomic E-state index is -0.441. The molecule has 0 bridgehead atoms. The Bertz CT molecular complexity index is 1130. The second kappa shape index (κ2) is 8.45. The molecule has 0 aliphatic carbocycles. The second-order valence-electron chi connectivity index (χ2n) is 7.18. The van der Waals surface area contributed by atoms with Crippen LogP contribution in [-0.4, -0.2) is 61.2 Å². The van der Waals surface area contributed by atoms with Crippen molar-refractivity contribution in [3.05, 3.63) is 50.9 Å². The third-order valence-electron chi connectivity index (χ3n) is 5.39. The van der Waals surface area contributed by atoms with E-state index in [2.05, 4.69) is 25.8 Å². The minimum Gasteiger partial charge on any atom is -0.495 e. The van der Waals surface area contributed by atoms with Crippen LogP contribution in [0.25, 0.3) is 10.2 Å². The lowest BCUT2D eigenvalue weighted by atomic mass is 10.2. The number of H-pyrrole nitrogens is 1. The molecule has 9 heteroatoms. The summed E-state index contributed by atoms with van der Waals surface area (Å²) >= 11 is 1.20. The van der Waals surface area contributed by atoms with Gasteiger partial charge in [0.15, 0.2) is 0 Å². The summed E-state index contributed by atoms with van der Waals surface area (Å²) in [5.41, 5.74) is 1.50. The summed E-state index contributed by atoms with van der Waals surface area (Å²) in [6.45, 7) is 5.70. The number of esters is 1. The van der Waals surface area contributed by atoms with Crippen LogP contribution in [0.1, 0.15) is 21.1 Å². The van der Waals surface area contributed by atoms with Crippen LogP contribution in [0.5, 0.6) is 5.75 Å². The topological polar surface area (TPSA) is 87.8 Å². The first-order chi connectivity index (χ1) is 14.5. The fraction of sp³-hybridized carbons (Fsp3) is 0.381. The lowest BCUT2D eigenvalue weighted by Gasteiger charge is -2.36. The molecule has 1 aromatic carbocycles. The summed E-state index contributed by atoms with van der Waals surface area (Å²) < 4.78 is 10.3. The maximum absolute atomic E-state index is 12.6. The van der Waals surface area contributed by atoms with Gasteiger partial charge in [-0.2, -0.15) is 0 Å². The smallest absolute Gasteiger partial charge is 0.348 e. The first kappa shape index (κ1) is 20.4. The number of anilines is 1. The summed E-state index contributed by atoms with van der Waals surface area (Å²) in [7, 11) is 3.02. The number of aryl methyl sites for hydroxylation is 1. The number of nitrogens with zero attached hydrogens (tertiary/aromatic N) is 3. The molecule has 2 aromatic heterocycles. The zero-order chi connectivity index (χ0) is 21.3. The van der Waals surface area contributed by atoms with E-state index in [-0.39, 0.29) is 5.56 Å². The van der Waals surface area contributed by atoms with Crippen LogP contribution in [0, 0.1) is 6.92 Å². The van der Waals surface area contributed by atoms with Gasteiger partial charge in [0.05, 0.1) is 31.8 Å². The number of carbonyl (C=O) groups excluding carboxylic acids is 1. The molecule has 1 saturated heterocycles. The fourth-order valence-corrected chi connectivity index (χ4v) is 4.92. The van der Waals surface area contributed by atoms with E-state index >= 15 is 0 Å². The van der Waals surface area contributed by atoms with Gasteiger partial charge in [-0.3, -0.25) is 9.69 Å². The molecule has 0 saturated carbocycles. The number of methoxy groups -OCH3 is 2. The molecule has 8 nitrogen and oxygen atoms in total. The summed E-state index contributed by atoms with van der Waals surface area (Å²) in [6, 6.07) is 8.02. The number of nitrogens with one attached hydrogen (secondary N) is 1. The molecule has 0 amide bonds. The van der Waals surface area contributed by atoms with Gasteiger partial charge in [0.25, 0.3) is 5.56 Å². The molecular formula is C21H24N4O4S. The molecule has 1 fully saturated rings. The SMILES string of the molecule is COC(=O)c1sc2nc(CN3CCN(c4ccccc4OC)CC3)[nH]c(=O)c2c1C. The number of piperazine rings is 1. The molecule has 3 aromatic rings. The van der Waals surface area contributed by atoms with E-state index in [1.54, 1.807) is 14.0 Å². The predicted molar refractivity (Wildman–Crippen MR) is 117 cm³/mol. The van der Waals surface area contributed by atoms with Gasteiger partial charge in [0.2, 0.25) is 0 Å². The number of fused-ring (bicyclic) bond motifs is 1. The standard InChI is InChI=1S/C21H24N4O4S/c1-13-17-19(26)22-16(23-20(17)30-18(13)21(27)29-3)12-24-8-10-25(11-9-24)14-6-4-5-7-15(14)28-2/h4-7H,8-12H2,1-3H3,(H,22,23,26). The molecule has 0 atom stereocenters. The monoisotopic (exact) mass is 428 g/mol. The van der Waals surface area contributed by atoms with E-state index in [0.717, 1.165) is 37.6 Å². The Morgan fingerprint density at radius 3 is 2.63 bits per heavy atom. The molecule has 1 aliphatic heterocycles. The van der Waals surface area contributed by atoms with Crippen LogP contribution in [0.4, 0.5) is 5.69 Å². The van der Waals surface area contributed by atoms with Crippen molar-refractivity contribution in [1.82, 2.24) is 14.9 Å². The molecule has 3 heterocycles. The number of rotatable bonds is 5. The van der Waals surface area contributed by atoms with E-state index in [1.807, 2.05) is 18.2 Å². The van der Waals surface area contributed by atoms with E-state index in [4.69, 9.17) is 9.47 Å². The second-order valence-corrected chi connectivity index (χ2v) is 8.17. The number of aromatic nitrogens is 2. The van der Waals surface area contributed by atoms with Crippen molar-refractivity contribution in [2.24, 2.45) is 0 Å². The maximum Gasteiger partial charge on any atom is 0.348 e. The number of carbonyl (C=O) groups is 1. The Balaban J connectivity index is 1.49. The summed E-state index contributed by atoms with van der Waals surface area (Å²) in [5.74, 6) is 1.04. The normalized spacial score (nSPS) is 14.8. The molecule has 4 rings (SSSR count).